The molecule has 0 atom stereocenters. The highest BCUT2D eigenvalue weighted by Gasteiger charge is 2.21. The molecule has 4 N–H and O–H groups in total. The fourth-order valence-electron chi connectivity index (χ4n) is 4.35. The first-order chi connectivity index (χ1) is 19.9. The van der Waals surface area contributed by atoms with Gasteiger partial charge in [-0.2, -0.15) is 0 Å². The molecule has 0 spiro atoms. The van der Waals surface area contributed by atoms with E-state index in [4.69, 9.17) is 15.2 Å². The number of carbonyl (C=O) groups is 2. The second kappa shape index (κ2) is 14.5. The number of anilines is 2. The molecule has 0 radical (unpaired) electrons. The minimum atomic E-state index is -1.26. The number of pyridine rings is 1. The molecule has 1 aliphatic heterocycles. The number of hydrogen-bond acceptors (Lipinski definition) is 9. The lowest BCUT2D eigenvalue weighted by atomic mass is 10.1. The summed E-state index contributed by atoms with van der Waals surface area (Å²) in [5.41, 5.74) is 2.89. The number of nitrogens with zero attached hydrogens (tertiary/aromatic N) is 6. The topological polar surface area (TPSA) is 158 Å². The smallest absolute Gasteiger partial charge is 0.328 e. The first-order valence-electron chi connectivity index (χ1n) is 13.1. The Morgan fingerprint density at radius 2 is 1.68 bits per heavy atom. The first kappa shape index (κ1) is 29.1. The number of piperidine rings is 1. The van der Waals surface area contributed by atoms with Gasteiger partial charge in [0.25, 0.3) is 0 Å². The number of likely N-dealkylation sites (tertiary alicyclic amines) is 1. The van der Waals surface area contributed by atoms with Gasteiger partial charge in [0.15, 0.2) is 0 Å². The zero-order chi connectivity index (χ0) is 29.0. The van der Waals surface area contributed by atoms with E-state index in [1.165, 1.54) is 12.1 Å². The van der Waals surface area contributed by atoms with Crippen molar-refractivity contribution >= 4 is 34.9 Å². The Balaban J connectivity index is 0.000000426. The molecule has 4 heterocycles. The van der Waals surface area contributed by atoms with E-state index in [1.54, 1.807) is 18.6 Å². The minimum Gasteiger partial charge on any atom is -0.478 e. The molecule has 214 valence electrons. The van der Waals surface area contributed by atoms with Gasteiger partial charge >= 0.3 is 11.9 Å². The highest BCUT2D eigenvalue weighted by Crippen LogP contribution is 2.23. The molecule has 1 aliphatic rings. The monoisotopic (exact) mass is 562 g/mol. The molecular formula is C28H31FN8O4. The third-order valence-corrected chi connectivity index (χ3v) is 6.37. The Morgan fingerprint density at radius 3 is 2.34 bits per heavy atom. The lowest BCUT2D eigenvalue weighted by molar-refractivity contribution is -0.134. The number of aliphatic carboxylic acids is 2. The minimum absolute atomic E-state index is 0.229. The molecule has 41 heavy (non-hydrogen) atoms. The van der Waals surface area contributed by atoms with Crippen LogP contribution in [0.5, 0.6) is 0 Å². The summed E-state index contributed by atoms with van der Waals surface area (Å²) >= 11 is 0. The van der Waals surface area contributed by atoms with Crippen molar-refractivity contribution in [1.82, 2.24) is 29.4 Å². The van der Waals surface area contributed by atoms with Crippen LogP contribution in [0.1, 0.15) is 18.4 Å². The number of hydrogen-bond donors (Lipinski definition) is 4. The van der Waals surface area contributed by atoms with Crippen LogP contribution in [-0.2, 0) is 16.1 Å². The first-order valence-corrected chi connectivity index (χ1v) is 13.1. The van der Waals surface area contributed by atoms with Gasteiger partial charge in [-0.25, -0.2) is 28.9 Å². The summed E-state index contributed by atoms with van der Waals surface area (Å²) in [6.45, 7) is 4.43. The van der Waals surface area contributed by atoms with Crippen LogP contribution in [0.25, 0.3) is 11.0 Å². The van der Waals surface area contributed by atoms with Crippen molar-refractivity contribution in [2.24, 2.45) is 0 Å². The Bertz CT molecular complexity index is 1440. The van der Waals surface area contributed by atoms with E-state index in [0.717, 1.165) is 61.6 Å². The maximum Gasteiger partial charge on any atom is 0.328 e. The summed E-state index contributed by atoms with van der Waals surface area (Å²) in [6.07, 6.45) is 10.3. The van der Waals surface area contributed by atoms with Crippen molar-refractivity contribution in [1.29, 1.82) is 0 Å². The summed E-state index contributed by atoms with van der Waals surface area (Å²) in [5, 5.41) is 22.6. The van der Waals surface area contributed by atoms with E-state index in [2.05, 4.69) is 35.1 Å². The molecule has 1 aromatic carbocycles. The van der Waals surface area contributed by atoms with Crippen molar-refractivity contribution in [3.05, 3.63) is 84.7 Å². The zero-order valence-electron chi connectivity index (χ0n) is 22.2. The van der Waals surface area contributed by atoms with E-state index in [0.29, 0.717) is 30.7 Å². The van der Waals surface area contributed by atoms with Gasteiger partial charge in [0, 0.05) is 63.0 Å². The Labute approximate surface area is 235 Å². The van der Waals surface area contributed by atoms with Crippen LogP contribution in [-0.4, -0.2) is 83.8 Å². The van der Waals surface area contributed by atoms with Crippen LogP contribution in [0.3, 0.4) is 0 Å². The van der Waals surface area contributed by atoms with Crippen LogP contribution in [0.4, 0.5) is 16.3 Å². The fraction of sp³-hybridized carbons (Fsp3) is 0.286. The predicted molar refractivity (Wildman–Crippen MR) is 151 cm³/mol. The molecule has 1 fully saturated rings. The fourth-order valence-corrected chi connectivity index (χ4v) is 4.35. The molecule has 0 amide bonds. The molecule has 3 aromatic heterocycles. The molecule has 12 nitrogen and oxygen atoms in total. The van der Waals surface area contributed by atoms with Gasteiger partial charge < -0.3 is 30.3 Å². The maximum absolute atomic E-state index is 13.3. The standard InChI is InChI=1S/C24H27FN8.C4H4O4/c25-19-4-2-18(3-5-19)17-33-22-16-26-11-6-21(22)31-24(33)30-20-7-13-32(14-8-20)15-12-29-23-27-9-1-10-28-23;5-3(6)1-2-4(7)8/h1-6,9-11,16,20H,7-8,12-15,17H2,(H,30,31)(H,27,28,29);1-2H,(H,5,6)(H,7,8)/b;2-1+. The normalized spacial score (nSPS) is 14.0. The predicted octanol–water partition coefficient (Wildman–Crippen LogP) is 3.11. The van der Waals surface area contributed by atoms with Crippen molar-refractivity contribution in [2.75, 3.05) is 36.8 Å². The summed E-state index contributed by atoms with van der Waals surface area (Å²) in [7, 11) is 0. The number of nitrogens with one attached hydrogen (secondary N) is 2. The van der Waals surface area contributed by atoms with Crippen molar-refractivity contribution < 1.29 is 24.2 Å². The molecule has 0 aliphatic carbocycles. The van der Waals surface area contributed by atoms with E-state index in [9.17, 15) is 14.0 Å². The molecular weight excluding hydrogens is 531 g/mol. The Morgan fingerprint density at radius 1 is 1.00 bits per heavy atom. The van der Waals surface area contributed by atoms with Gasteiger partial charge in [0.1, 0.15) is 5.82 Å². The number of carboxylic acids is 2. The van der Waals surface area contributed by atoms with Crippen LogP contribution in [0, 0.1) is 5.82 Å². The molecule has 13 heteroatoms. The van der Waals surface area contributed by atoms with Crippen LogP contribution in [0.15, 0.2) is 73.3 Å². The van der Waals surface area contributed by atoms with Crippen molar-refractivity contribution in [3.63, 3.8) is 0 Å². The maximum atomic E-state index is 13.3. The zero-order valence-corrected chi connectivity index (χ0v) is 22.2. The van der Waals surface area contributed by atoms with Gasteiger partial charge in [0.2, 0.25) is 11.9 Å². The van der Waals surface area contributed by atoms with E-state index in [-0.39, 0.29) is 5.82 Å². The summed E-state index contributed by atoms with van der Waals surface area (Å²) in [4.78, 5) is 39.1. The molecule has 0 saturated carbocycles. The highest BCUT2D eigenvalue weighted by molar-refractivity contribution is 5.89. The van der Waals surface area contributed by atoms with Crippen LogP contribution < -0.4 is 10.6 Å². The van der Waals surface area contributed by atoms with Crippen LogP contribution in [0.2, 0.25) is 0 Å². The molecule has 5 rings (SSSR count). The molecule has 1 saturated heterocycles. The number of aromatic nitrogens is 5. The average molecular weight is 563 g/mol. The summed E-state index contributed by atoms with van der Waals surface area (Å²) in [6, 6.07) is 10.7. The number of benzene rings is 1. The second-order valence-corrected chi connectivity index (χ2v) is 9.28. The van der Waals surface area contributed by atoms with Crippen molar-refractivity contribution in [3.8, 4) is 0 Å². The van der Waals surface area contributed by atoms with Crippen LogP contribution >= 0.6 is 0 Å². The van der Waals surface area contributed by atoms with E-state index >= 15 is 0 Å². The third kappa shape index (κ3) is 9.07. The molecule has 4 aromatic rings. The quantitative estimate of drug-likeness (QED) is 0.210. The Hall–Kier alpha value is -4.91. The Kier molecular flexibility index (Phi) is 10.3. The van der Waals surface area contributed by atoms with Crippen molar-refractivity contribution in [2.45, 2.75) is 25.4 Å². The number of imidazole rings is 1. The van der Waals surface area contributed by atoms with Gasteiger partial charge in [-0.1, -0.05) is 12.1 Å². The third-order valence-electron chi connectivity index (χ3n) is 6.37. The second-order valence-electron chi connectivity index (χ2n) is 9.28. The highest BCUT2D eigenvalue weighted by atomic mass is 19.1. The molecule has 0 unspecified atom stereocenters. The van der Waals surface area contributed by atoms with E-state index < -0.39 is 11.9 Å². The SMILES string of the molecule is Fc1ccc(Cn2c(NC3CCN(CCNc4ncccn4)CC3)nc3ccncc32)cc1.O=C(O)/C=C/C(=O)O. The summed E-state index contributed by atoms with van der Waals surface area (Å²) < 4.78 is 15.5. The van der Waals surface area contributed by atoms with Gasteiger partial charge in [-0.05, 0) is 42.7 Å². The summed E-state index contributed by atoms with van der Waals surface area (Å²) in [5.74, 6) is -1.24. The largest absolute Gasteiger partial charge is 0.478 e. The number of fused-ring (bicyclic) bond motifs is 1. The number of rotatable bonds is 10. The van der Waals surface area contributed by atoms with Gasteiger partial charge in [0.05, 0.1) is 23.8 Å². The lowest BCUT2D eigenvalue weighted by Gasteiger charge is -2.32. The number of halogens is 1. The van der Waals surface area contributed by atoms with E-state index in [1.807, 2.05) is 30.5 Å². The molecule has 0 bridgehead atoms. The lowest BCUT2D eigenvalue weighted by Crippen LogP contribution is -2.41. The number of carboxylic acid groups (broad SMARTS) is 2. The van der Waals surface area contributed by atoms with Gasteiger partial charge in [-0.15, -0.1) is 0 Å². The van der Waals surface area contributed by atoms with Gasteiger partial charge in [-0.3, -0.25) is 4.98 Å². The average Bonchev–Trinajstić information content (AvgIpc) is 3.31.